The number of nitrogens with two attached hydrogens (primary N) is 1. The maximum Gasteiger partial charge on any atom is 0.0251 e. The van der Waals surface area contributed by atoms with E-state index < -0.39 is 0 Å². The van der Waals surface area contributed by atoms with Crippen molar-refractivity contribution in [1.82, 2.24) is 5.43 Å². The van der Waals surface area contributed by atoms with Gasteiger partial charge in [0.2, 0.25) is 0 Å². The highest BCUT2D eigenvalue weighted by atomic mass is 79.9. The summed E-state index contributed by atoms with van der Waals surface area (Å²) in [6.07, 6.45) is 10.7. The first kappa shape index (κ1) is 15.0. The van der Waals surface area contributed by atoms with Gasteiger partial charge in [0.15, 0.2) is 0 Å². The van der Waals surface area contributed by atoms with Gasteiger partial charge in [-0.15, -0.1) is 0 Å². The molecule has 0 bridgehead atoms. The van der Waals surface area contributed by atoms with Crippen LogP contribution in [0.5, 0.6) is 0 Å². The highest BCUT2D eigenvalue weighted by molar-refractivity contribution is 9.10. The van der Waals surface area contributed by atoms with Gasteiger partial charge in [-0.1, -0.05) is 60.2 Å². The van der Waals surface area contributed by atoms with Gasteiger partial charge in [0.05, 0.1) is 0 Å². The molecule has 0 aromatic heterocycles. The van der Waals surface area contributed by atoms with Crippen molar-refractivity contribution in [3.8, 4) is 0 Å². The third-order valence-corrected chi connectivity index (χ3v) is 4.75. The minimum atomic E-state index is 0.399. The average Bonchev–Trinajstić information content (AvgIpc) is 2.44. The molecule has 1 fully saturated rings. The third-order valence-electron chi connectivity index (χ3n) is 4.25. The monoisotopic (exact) mass is 324 g/mol. The zero-order valence-corrected chi connectivity index (χ0v) is 13.2. The summed E-state index contributed by atoms with van der Waals surface area (Å²) in [5, 5.41) is 0. The molecule has 1 atom stereocenters. The van der Waals surface area contributed by atoms with Gasteiger partial charge in [-0.3, -0.25) is 11.3 Å². The molecule has 0 heterocycles. The number of hydrogen-bond donors (Lipinski definition) is 2. The number of halogens is 1. The van der Waals surface area contributed by atoms with E-state index in [1.807, 2.05) is 0 Å². The first-order valence-electron chi connectivity index (χ1n) is 7.48. The van der Waals surface area contributed by atoms with E-state index in [1.165, 1.54) is 50.5 Å². The van der Waals surface area contributed by atoms with E-state index in [0.717, 1.165) is 16.8 Å². The van der Waals surface area contributed by atoms with Crippen molar-refractivity contribution in [2.45, 2.75) is 57.4 Å². The predicted octanol–water partition coefficient (Wildman–Crippen LogP) is 4.18. The van der Waals surface area contributed by atoms with Gasteiger partial charge in [-0.05, 0) is 42.9 Å². The summed E-state index contributed by atoms with van der Waals surface area (Å²) < 4.78 is 1.15. The molecule has 1 aliphatic rings. The van der Waals surface area contributed by atoms with E-state index in [4.69, 9.17) is 5.84 Å². The van der Waals surface area contributed by atoms with Crippen molar-refractivity contribution in [2.24, 2.45) is 11.8 Å². The lowest BCUT2D eigenvalue weighted by atomic mass is 9.84. The van der Waals surface area contributed by atoms with Crippen LogP contribution < -0.4 is 11.3 Å². The van der Waals surface area contributed by atoms with Gasteiger partial charge in [0.1, 0.15) is 0 Å². The quantitative estimate of drug-likeness (QED) is 0.608. The van der Waals surface area contributed by atoms with E-state index in [0.29, 0.717) is 6.04 Å². The van der Waals surface area contributed by atoms with Crippen LogP contribution in [0.1, 0.15) is 50.5 Å². The summed E-state index contributed by atoms with van der Waals surface area (Å²) >= 11 is 3.52. The van der Waals surface area contributed by atoms with Crippen LogP contribution in [-0.4, -0.2) is 6.04 Å². The zero-order valence-electron chi connectivity index (χ0n) is 11.6. The molecule has 1 unspecified atom stereocenters. The molecule has 2 rings (SSSR count). The Morgan fingerprint density at radius 1 is 1.26 bits per heavy atom. The molecule has 3 heteroatoms. The van der Waals surface area contributed by atoms with Gasteiger partial charge >= 0.3 is 0 Å². The minimum absolute atomic E-state index is 0.399. The van der Waals surface area contributed by atoms with Crippen LogP contribution in [0.3, 0.4) is 0 Å². The lowest BCUT2D eigenvalue weighted by Gasteiger charge is -2.24. The molecule has 19 heavy (non-hydrogen) atoms. The molecule has 1 aliphatic carbocycles. The summed E-state index contributed by atoms with van der Waals surface area (Å²) in [4.78, 5) is 0. The Bertz CT molecular complexity index is 375. The van der Waals surface area contributed by atoms with Crippen LogP contribution in [0.15, 0.2) is 28.7 Å². The molecule has 2 nitrogen and oxygen atoms in total. The fourth-order valence-corrected chi connectivity index (χ4v) is 3.55. The maximum absolute atomic E-state index is 5.71. The average molecular weight is 325 g/mol. The smallest absolute Gasteiger partial charge is 0.0251 e. The molecule has 1 saturated carbocycles. The van der Waals surface area contributed by atoms with Crippen LogP contribution in [0.4, 0.5) is 0 Å². The topological polar surface area (TPSA) is 38.0 Å². The molecule has 0 radical (unpaired) electrons. The maximum atomic E-state index is 5.71. The second-order valence-electron chi connectivity index (χ2n) is 5.78. The number of hydrogen-bond acceptors (Lipinski definition) is 2. The molecule has 106 valence electrons. The van der Waals surface area contributed by atoms with E-state index in [1.54, 1.807) is 0 Å². The number of nitrogens with one attached hydrogen (secondary N) is 1. The van der Waals surface area contributed by atoms with E-state index in [-0.39, 0.29) is 0 Å². The first-order chi connectivity index (χ1) is 9.28. The van der Waals surface area contributed by atoms with Gasteiger partial charge in [0.25, 0.3) is 0 Å². The van der Waals surface area contributed by atoms with Crippen LogP contribution in [0, 0.1) is 5.92 Å². The Hall–Kier alpha value is -0.380. The number of rotatable bonds is 6. The van der Waals surface area contributed by atoms with Crippen molar-refractivity contribution in [1.29, 1.82) is 0 Å². The molecule has 1 aromatic carbocycles. The fourth-order valence-electron chi connectivity index (χ4n) is 3.11. The summed E-state index contributed by atoms with van der Waals surface area (Å²) in [7, 11) is 0. The van der Waals surface area contributed by atoms with Crippen molar-refractivity contribution in [3.05, 3.63) is 34.3 Å². The minimum Gasteiger partial charge on any atom is -0.271 e. The Morgan fingerprint density at radius 3 is 2.74 bits per heavy atom. The Kier molecular flexibility index (Phi) is 6.35. The Labute approximate surface area is 125 Å². The highest BCUT2D eigenvalue weighted by Crippen LogP contribution is 2.28. The molecule has 1 aromatic rings. The Morgan fingerprint density at radius 2 is 2.05 bits per heavy atom. The van der Waals surface area contributed by atoms with E-state index in [9.17, 15) is 0 Å². The van der Waals surface area contributed by atoms with Crippen molar-refractivity contribution >= 4 is 15.9 Å². The largest absolute Gasteiger partial charge is 0.271 e. The third kappa shape index (κ3) is 5.25. The summed E-state index contributed by atoms with van der Waals surface area (Å²) in [5.74, 6) is 6.65. The van der Waals surface area contributed by atoms with Crippen molar-refractivity contribution in [2.75, 3.05) is 0 Å². The summed E-state index contributed by atoms with van der Waals surface area (Å²) in [6.45, 7) is 0. The standard InChI is InChI=1S/C16H25BrN2/c17-15-8-4-7-14(11-15)12-16(19-18)10-9-13-5-2-1-3-6-13/h4,7-8,11,13,16,19H,1-3,5-6,9-10,12,18H2. The van der Waals surface area contributed by atoms with Crippen molar-refractivity contribution < 1.29 is 0 Å². The lowest BCUT2D eigenvalue weighted by Crippen LogP contribution is -2.37. The highest BCUT2D eigenvalue weighted by Gasteiger charge is 2.16. The summed E-state index contributed by atoms with van der Waals surface area (Å²) in [6, 6.07) is 8.92. The predicted molar refractivity (Wildman–Crippen MR) is 84.8 cm³/mol. The second-order valence-corrected chi connectivity index (χ2v) is 6.69. The second kappa shape index (κ2) is 8.03. The molecule has 0 spiro atoms. The Balaban J connectivity index is 1.79. The van der Waals surface area contributed by atoms with Gasteiger partial charge in [0, 0.05) is 10.5 Å². The first-order valence-corrected chi connectivity index (χ1v) is 8.28. The van der Waals surface area contributed by atoms with Gasteiger partial charge in [-0.2, -0.15) is 0 Å². The zero-order chi connectivity index (χ0) is 13.5. The van der Waals surface area contributed by atoms with Crippen LogP contribution in [0.25, 0.3) is 0 Å². The molecule has 3 N–H and O–H groups in total. The molecule has 0 saturated heterocycles. The molecular weight excluding hydrogens is 300 g/mol. The fraction of sp³-hybridized carbons (Fsp3) is 0.625. The molecule has 0 amide bonds. The van der Waals surface area contributed by atoms with Crippen LogP contribution in [-0.2, 0) is 6.42 Å². The molecule has 0 aliphatic heterocycles. The molecular formula is C16H25BrN2. The number of benzene rings is 1. The van der Waals surface area contributed by atoms with Gasteiger partial charge in [-0.25, -0.2) is 0 Å². The number of hydrazine groups is 1. The lowest BCUT2D eigenvalue weighted by molar-refractivity contribution is 0.313. The van der Waals surface area contributed by atoms with Gasteiger partial charge < -0.3 is 0 Å². The normalized spacial score (nSPS) is 18.4. The van der Waals surface area contributed by atoms with Crippen LogP contribution >= 0.6 is 15.9 Å². The van der Waals surface area contributed by atoms with Crippen molar-refractivity contribution in [3.63, 3.8) is 0 Å². The van der Waals surface area contributed by atoms with E-state index in [2.05, 4.69) is 45.6 Å². The summed E-state index contributed by atoms with van der Waals surface area (Å²) in [5.41, 5.74) is 4.34. The van der Waals surface area contributed by atoms with E-state index >= 15 is 0 Å². The van der Waals surface area contributed by atoms with Crippen LogP contribution in [0.2, 0.25) is 0 Å². The SMILES string of the molecule is NNC(CCC1CCCCC1)Cc1cccc(Br)c1.